The molecule has 1 aliphatic rings. The number of benzene rings is 1. The van der Waals surface area contributed by atoms with Gasteiger partial charge in [0.15, 0.2) is 5.82 Å². The van der Waals surface area contributed by atoms with Gasteiger partial charge in [-0.1, -0.05) is 6.08 Å². The number of anilines is 2. The molecule has 1 aliphatic heterocycles. The lowest BCUT2D eigenvalue weighted by atomic mass is 10.00. The van der Waals surface area contributed by atoms with Crippen LogP contribution < -0.4 is 16.4 Å². The lowest BCUT2D eigenvalue weighted by Gasteiger charge is -2.14. The van der Waals surface area contributed by atoms with E-state index in [4.69, 9.17) is 5.73 Å². The highest BCUT2D eigenvalue weighted by molar-refractivity contribution is 5.87. The first kappa shape index (κ1) is 22.0. The Morgan fingerprint density at radius 3 is 2.65 bits per heavy atom. The Hall–Kier alpha value is -3.82. The molecule has 0 saturated heterocycles. The van der Waals surface area contributed by atoms with Crippen LogP contribution in [0.4, 0.5) is 20.5 Å². The molecule has 1 unspecified atom stereocenters. The number of nitrogens with two attached hydrogens (primary N) is 1. The molecule has 7 nitrogen and oxygen atoms in total. The Labute approximate surface area is 195 Å². The molecule has 0 aliphatic carbocycles. The van der Waals surface area contributed by atoms with Crippen LogP contribution in [-0.2, 0) is 0 Å². The van der Waals surface area contributed by atoms with Crippen molar-refractivity contribution in [3.8, 4) is 11.3 Å². The fraction of sp³-hybridized carbons (Fsp3) is 0.200. The molecule has 4 aromatic rings. The summed E-state index contributed by atoms with van der Waals surface area (Å²) in [4.78, 5) is 16.9. The lowest BCUT2D eigenvalue weighted by Crippen LogP contribution is -2.20. The van der Waals surface area contributed by atoms with E-state index in [0.29, 0.717) is 16.8 Å². The Morgan fingerprint density at radius 1 is 1.03 bits per heavy atom. The number of rotatable bonds is 5. The monoisotopic (exact) mass is 459 g/mol. The molecule has 0 amide bonds. The van der Waals surface area contributed by atoms with Crippen molar-refractivity contribution < 1.29 is 8.78 Å². The SMILES string of the molecule is CC(N)c1ccnc2c(F)cc(-c3nc(Nc4ccc(C5=CCNCC5)cn4)ncc3F)cc12. The molecule has 3 aromatic heterocycles. The molecule has 4 heterocycles. The number of nitrogens with zero attached hydrogens (tertiary/aromatic N) is 4. The van der Waals surface area contributed by atoms with Gasteiger partial charge >= 0.3 is 0 Å². The highest BCUT2D eigenvalue weighted by atomic mass is 19.1. The third kappa shape index (κ3) is 4.35. The van der Waals surface area contributed by atoms with E-state index in [-0.39, 0.29) is 28.8 Å². The number of pyridine rings is 2. The maximum absolute atomic E-state index is 14.8. The summed E-state index contributed by atoms with van der Waals surface area (Å²) in [5.41, 5.74) is 9.47. The second-order valence-electron chi connectivity index (χ2n) is 8.17. The smallest absolute Gasteiger partial charge is 0.229 e. The minimum Gasteiger partial charge on any atom is -0.324 e. The van der Waals surface area contributed by atoms with E-state index in [1.165, 1.54) is 17.8 Å². The van der Waals surface area contributed by atoms with Crippen molar-refractivity contribution in [1.29, 1.82) is 0 Å². The predicted molar refractivity (Wildman–Crippen MR) is 128 cm³/mol. The summed E-state index contributed by atoms with van der Waals surface area (Å²) in [5.74, 6) is -0.579. The van der Waals surface area contributed by atoms with E-state index < -0.39 is 11.6 Å². The van der Waals surface area contributed by atoms with E-state index in [2.05, 4.69) is 36.6 Å². The molecular formula is C25H23F2N7. The summed E-state index contributed by atoms with van der Waals surface area (Å²) in [5, 5.41) is 6.80. The fourth-order valence-electron chi connectivity index (χ4n) is 4.05. The van der Waals surface area contributed by atoms with Gasteiger partial charge in [0.2, 0.25) is 5.95 Å². The van der Waals surface area contributed by atoms with Crippen molar-refractivity contribution in [1.82, 2.24) is 25.3 Å². The van der Waals surface area contributed by atoms with Gasteiger partial charge in [-0.25, -0.2) is 23.7 Å². The first-order valence-electron chi connectivity index (χ1n) is 11.0. The van der Waals surface area contributed by atoms with Gasteiger partial charge in [-0.15, -0.1) is 0 Å². The molecule has 0 saturated carbocycles. The molecule has 0 bridgehead atoms. The number of aromatic nitrogens is 4. The van der Waals surface area contributed by atoms with Crippen molar-refractivity contribution in [2.45, 2.75) is 19.4 Å². The highest BCUT2D eigenvalue weighted by Gasteiger charge is 2.16. The largest absolute Gasteiger partial charge is 0.324 e. The van der Waals surface area contributed by atoms with E-state index in [1.54, 1.807) is 25.3 Å². The summed E-state index contributed by atoms with van der Waals surface area (Å²) < 4.78 is 29.5. The molecule has 172 valence electrons. The summed E-state index contributed by atoms with van der Waals surface area (Å²) >= 11 is 0. The molecular weight excluding hydrogens is 436 g/mol. The molecule has 0 spiro atoms. The Kier molecular flexibility index (Phi) is 5.95. The molecule has 5 rings (SSSR count). The number of nitrogens with one attached hydrogen (secondary N) is 2. The second kappa shape index (κ2) is 9.20. The van der Waals surface area contributed by atoms with Crippen LogP contribution in [0, 0.1) is 11.6 Å². The third-order valence-corrected chi connectivity index (χ3v) is 5.78. The predicted octanol–water partition coefficient (Wildman–Crippen LogP) is 4.51. The summed E-state index contributed by atoms with van der Waals surface area (Å²) in [6, 6.07) is 8.05. The first-order chi connectivity index (χ1) is 16.5. The Balaban J connectivity index is 1.47. The zero-order valence-corrected chi connectivity index (χ0v) is 18.5. The third-order valence-electron chi connectivity index (χ3n) is 5.78. The van der Waals surface area contributed by atoms with Crippen LogP contribution in [0.1, 0.15) is 30.5 Å². The van der Waals surface area contributed by atoms with Gasteiger partial charge in [0.05, 0.1) is 6.20 Å². The van der Waals surface area contributed by atoms with Crippen LogP contribution in [0.2, 0.25) is 0 Å². The summed E-state index contributed by atoms with van der Waals surface area (Å²) in [7, 11) is 0. The van der Waals surface area contributed by atoms with Gasteiger partial charge in [-0.3, -0.25) is 4.98 Å². The van der Waals surface area contributed by atoms with Crippen LogP contribution in [-0.4, -0.2) is 33.0 Å². The van der Waals surface area contributed by atoms with Crippen molar-refractivity contribution in [2.24, 2.45) is 5.73 Å². The number of hydrogen-bond donors (Lipinski definition) is 3. The molecule has 34 heavy (non-hydrogen) atoms. The van der Waals surface area contributed by atoms with Gasteiger partial charge in [-0.2, -0.15) is 0 Å². The molecule has 0 fully saturated rings. The van der Waals surface area contributed by atoms with E-state index in [9.17, 15) is 8.78 Å². The zero-order chi connectivity index (χ0) is 23.7. The van der Waals surface area contributed by atoms with Crippen LogP contribution in [0.15, 0.2) is 55.0 Å². The average Bonchev–Trinajstić information content (AvgIpc) is 2.86. The molecule has 1 atom stereocenters. The molecule has 0 radical (unpaired) electrons. The molecule has 4 N–H and O–H groups in total. The van der Waals surface area contributed by atoms with Gasteiger partial charge in [0.25, 0.3) is 0 Å². The van der Waals surface area contributed by atoms with Gasteiger partial charge in [0, 0.05) is 35.9 Å². The summed E-state index contributed by atoms with van der Waals surface area (Å²) in [6.45, 7) is 3.58. The summed E-state index contributed by atoms with van der Waals surface area (Å²) in [6.07, 6.45) is 7.44. The van der Waals surface area contributed by atoms with Crippen molar-refractivity contribution in [3.63, 3.8) is 0 Å². The Morgan fingerprint density at radius 2 is 1.91 bits per heavy atom. The standard InChI is InChI=1S/C25H23F2N7/c1-14(28)18-6-9-30-24-19(18)10-17(11-20(24)26)23-21(27)13-32-25(34-23)33-22-3-2-16(12-31-22)15-4-7-29-8-5-15/h2-4,6,9-14,29H,5,7-8,28H2,1H3,(H,31,32,33,34). The van der Waals surface area contributed by atoms with Crippen molar-refractivity contribution >= 4 is 28.2 Å². The Bertz CT molecular complexity index is 1380. The molecule has 1 aromatic carbocycles. The highest BCUT2D eigenvalue weighted by Crippen LogP contribution is 2.31. The zero-order valence-electron chi connectivity index (χ0n) is 18.5. The second-order valence-corrected chi connectivity index (χ2v) is 8.17. The van der Waals surface area contributed by atoms with Crippen LogP contribution in [0.5, 0.6) is 0 Å². The number of hydrogen-bond acceptors (Lipinski definition) is 7. The van der Waals surface area contributed by atoms with E-state index in [0.717, 1.165) is 31.3 Å². The quantitative estimate of drug-likeness (QED) is 0.404. The molecule has 9 heteroatoms. The average molecular weight is 460 g/mol. The number of halogens is 2. The van der Waals surface area contributed by atoms with E-state index >= 15 is 0 Å². The van der Waals surface area contributed by atoms with Crippen LogP contribution in [0.25, 0.3) is 27.7 Å². The lowest BCUT2D eigenvalue weighted by molar-refractivity contribution is 0.617. The first-order valence-corrected chi connectivity index (χ1v) is 11.0. The van der Waals surface area contributed by atoms with Gasteiger partial charge in [0.1, 0.15) is 22.8 Å². The fourth-order valence-corrected chi connectivity index (χ4v) is 4.05. The van der Waals surface area contributed by atoms with E-state index in [1.807, 2.05) is 12.1 Å². The van der Waals surface area contributed by atoms with Crippen molar-refractivity contribution in [3.05, 3.63) is 77.8 Å². The van der Waals surface area contributed by atoms with Crippen LogP contribution in [0.3, 0.4) is 0 Å². The maximum Gasteiger partial charge on any atom is 0.229 e. The van der Waals surface area contributed by atoms with Crippen molar-refractivity contribution in [2.75, 3.05) is 18.4 Å². The van der Waals surface area contributed by atoms with Gasteiger partial charge < -0.3 is 16.4 Å². The van der Waals surface area contributed by atoms with Crippen LogP contribution >= 0.6 is 0 Å². The minimum atomic E-state index is -0.670. The number of fused-ring (bicyclic) bond motifs is 1. The maximum atomic E-state index is 14.8. The minimum absolute atomic E-state index is 0.0331. The normalized spacial score (nSPS) is 14.6. The topological polar surface area (TPSA) is 102 Å². The van der Waals surface area contributed by atoms with Gasteiger partial charge in [-0.05, 0) is 66.9 Å².